The van der Waals surface area contributed by atoms with Crippen molar-refractivity contribution in [1.82, 2.24) is 9.97 Å². The minimum Gasteiger partial charge on any atom is -0.490 e. The van der Waals surface area contributed by atoms with Crippen molar-refractivity contribution in [2.24, 2.45) is 0 Å². The van der Waals surface area contributed by atoms with E-state index in [1.165, 1.54) is 6.20 Å². The normalized spacial score (nSPS) is 10.3. The van der Waals surface area contributed by atoms with Crippen molar-refractivity contribution >= 4 is 17.4 Å². The van der Waals surface area contributed by atoms with E-state index in [2.05, 4.69) is 15.3 Å². The standard InChI is InChI=1S/C16H20ClN3O2/c1-3-21-13-6-5-12(9-14(13)22-4-2)7-8-19-16-11-18-10-15(17)20-16/h5-6,9-11H,3-4,7-8H2,1-2H3,(H,19,20). The van der Waals surface area contributed by atoms with Gasteiger partial charge in [0.05, 0.1) is 25.6 Å². The smallest absolute Gasteiger partial charge is 0.161 e. The summed E-state index contributed by atoms with van der Waals surface area (Å²) in [6.07, 6.45) is 3.99. The number of nitrogens with zero attached hydrogens (tertiary/aromatic N) is 2. The van der Waals surface area contributed by atoms with Gasteiger partial charge in [0.1, 0.15) is 11.0 Å². The van der Waals surface area contributed by atoms with Gasteiger partial charge in [0.15, 0.2) is 11.5 Å². The van der Waals surface area contributed by atoms with Crippen molar-refractivity contribution in [2.75, 3.05) is 25.1 Å². The number of nitrogens with one attached hydrogen (secondary N) is 1. The number of hydrogen-bond acceptors (Lipinski definition) is 5. The molecule has 0 fully saturated rings. The SMILES string of the molecule is CCOc1ccc(CCNc2cncc(Cl)n2)cc1OCC. The maximum Gasteiger partial charge on any atom is 0.161 e. The summed E-state index contributed by atoms with van der Waals surface area (Å²) < 4.78 is 11.2. The van der Waals surface area contributed by atoms with E-state index in [0.29, 0.717) is 24.2 Å². The molecular formula is C16H20ClN3O2. The van der Waals surface area contributed by atoms with Crippen molar-refractivity contribution in [3.63, 3.8) is 0 Å². The molecular weight excluding hydrogens is 302 g/mol. The Kier molecular flexibility index (Phi) is 6.27. The van der Waals surface area contributed by atoms with Crippen LogP contribution < -0.4 is 14.8 Å². The number of benzene rings is 1. The lowest BCUT2D eigenvalue weighted by Crippen LogP contribution is -2.07. The summed E-state index contributed by atoms with van der Waals surface area (Å²) in [7, 11) is 0. The van der Waals surface area contributed by atoms with Crippen LogP contribution in [0.4, 0.5) is 5.82 Å². The predicted molar refractivity (Wildman–Crippen MR) is 88.0 cm³/mol. The second kappa shape index (κ2) is 8.44. The van der Waals surface area contributed by atoms with Crippen molar-refractivity contribution in [1.29, 1.82) is 0 Å². The maximum atomic E-state index is 5.80. The van der Waals surface area contributed by atoms with E-state index in [-0.39, 0.29) is 0 Å². The van der Waals surface area contributed by atoms with Crippen molar-refractivity contribution in [2.45, 2.75) is 20.3 Å². The van der Waals surface area contributed by atoms with Gasteiger partial charge >= 0.3 is 0 Å². The maximum absolute atomic E-state index is 5.80. The van der Waals surface area contributed by atoms with Crippen LogP contribution in [0.5, 0.6) is 11.5 Å². The third-order valence-electron chi connectivity index (χ3n) is 2.93. The molecule has 118 valence electrons. The molecule has 1 N–H and O–H groups in total. The fourth-order valence-electron chi connectivity index (χ4n) is 2.01. The molecule has 0 unspecified atom stereocenters. The predicted octanol–water partition coefficient (Wildman–Crippen LogP) is 3.58. The minimum atomic E-state index is 0.379. The van der Waals surface area contributed by atoms with Crippen LogP contribution in [0, 0.1) is 0 Å². The summed E-state index contributed by atoms with van der Waals surface area (Å²) in [5.41, 5.74) is 1.16. The molecule has 2 rings (SSSR count). The second-order valence-electron chi connectivity index (χ2n) is 4.55. The van der Waals surface area contributed by atoms with Gasteiger partial charge in [-0.1, -0.05) is 17.7 Å². The zero-order valence-corrected chi connectivity index (χ0v) is 13.6. The zero-order chi connectivity index (χ0) is 15.8. The Morgan fingerprint density at radius 1 is 1.09 bits per heavy atom. The van der Waals surface area contributed by atoms with E-state index in [1.54, 1.807) is 6.20 Å². The van der Waals surface area contributed by atoms with Crippen LogP contribution in [-0.2, 0) is 6.42 Å². The molecule has 0 amide bonds. The molecule has 0 bridgehead atoms. The van der Waals surface area contributed by atoms with E-state index < -0.39 is 0 Å². The summed E-state index contributed by atoms with van der Waals surface area (Å²) >= 11 is 5.80. The Bertz CT molecular complexity index is 608. The highest BCUT2D eigenvalue weighted by Gasteiger charge is 2.06. The lowest BCUT2D eigenvalue weighted by Gasteiger charge is -2.12. The van der Waals surface area contributed by atoms with Gasteiger partial charge in [0.25, 0.3) is 0 Å². The van der Waals surface area contributed by atoms with Crippen LogP contribution in [0.15, 0.2) is 30.6 Å². The van der Waals surface area contributed by atoms with Crippen LogP contribution in [0.25, 0.3) is 0 Å². The second-order valence-corrected chi connectivity index (χ2v) is 4.94. The number of halogens is 1. The van der Waals surface area contributed by atoms with Crippen molar-refractivity contribution in [3.05, 3.63) is 41.3 Å². The van der Waals surface area contributed by atoms with Crippen molar-refractivity contribution < 1.29 is 9.47 Å². The van der Waals surface area contributed by atoms with Gasteiger partial charge in [0.2, 0.25) is 0 Å². The van der Waals surface area contributed by atoms with E-state index in [4.69, 9.17) is 21.1 Å². The summed E-state index contributed by atoms with van der Waals surface area (Å²) in [4.78, 5) is 8.12. The molecule has 1 aromatic heterocycles. The number of ether oxygens (including phenoxy) is 2. The summed E-state index contributed by atoms with van der Waals surface area (Å²) in [5.74, 6) is 2.23. The molecule has 0 aliphatic heterocycles. The van der Waals surface area contributed by atoms with Crippen LogP contribution in [-0.4, -0.2) is 29.7 Å². The van der Waals surface area contributed by atoms with Gasteiger partial charge in [-0.2, -0.15) is 0 Å². The highest BCUT2D eigenvalue weighted by atomic mass is 35.5. The lowest BCUT2D eigenvalue weighted by molar-refractivity contribution is 0.287. The molecule has 0 saturated carbocycles. The molecule has 0 atom stereocenters. The third-order valence-corrected chi connectivity index (χ3v) is 3.11. The van der Waals surface area contributed by atoms with Gasteiger partial charge in [-0.3, -0.25) is 4.98 Å². The first-order chi connectivity index (χ1) is 10.7. The van der Waals surface area contributed by atoms with Gasteiger partial charge in [0, 0.05) is 6.54 Å². The topological polar surface area (TPSA) is 56.3 Å². The van der Waals surface area contributed by atoms with Gasteiger partial charge in [-0.15, -0.1) is 0 Å². The molecule has 0 spiro atoms. The molecule has 0 saturated heterocycles. The quantitative estimate of drug-likeness (QED) is 0.805. The Hall–Kier alpha value is -2.01. The van der Waals surface area contributed by atoms with E-state index in [0.717, 1.165) is 30.0 Å². The van der Waals surface area contributed by atoms with Gasteiger partial charge in [-0.05, 0) is 38.0 Å². The first-order valence-corrected chi connectivity index (χ1v) is 7.70. The van der Waals surface area contributed by atoms with E-state index in [9.17, 15) is 0 Å². The molecule has 0 aliphatic carbocycles. The lowest BCUT2D eigenvalue weighted by atomic mass is 10.1. The Balaban J connectivity index is 1.96. The molecule has 0 radical (unpaired) electrons. The number of anilines is 1. The van der Waals surface area contributed by atoms with Crippen LogP contribution in [0.2, 0.25) is 5.15 Å². The van der Waals surface area contributed by atoms with Crippen LogP contribution in [0.3, 0.4) is 0 Å². The average molecular weight is 322 g/mol. The van der Waals surface area contributed by atoms with Crippen molar-refractivity contribution in [3.8, 4) is 11.5 Å². The first kappa shape index (κ1) is 16.4. The Labute approximate surface area is 135 Å². The monoisotopic (exact) mass is 321 g/mol. The molecule has 6 heteroatoms. The Morgan fingerprint density at radius 2 is 1.86 bits per heavy atom. The molecule has 1 aromatic carbocycles. The summed E-state index contributed by atoms with van der Waals surface area (Å²) in [6.45, 7) is 5.88. The van der Waals surface area contributed by atoms with Crippen LogP contribution >= 0.6 is 11.6 Å². The molecule has 0 aliphatic rings. The number of rotatable bonds is 8. The molecule has 5 nitrogen and oxygen atoms in total. The fourth-order valence-corrected chi connectivity index (χ4v) is 2.16. The summed E-state index contributed by atoms with van der Waals surface area (Å²) in [5, 5.41) is 3.57. The molecule has 22 heavy (non-hydrogen) atoms. The Morgan fingerprint density at radius 3 is 2.59 bits per heavy atom. The first-order valence-electron chi connectivity index (χ1n) is 7.32. The highest BCUT2D eigenvalue weighted by Crippen LogP contribution is 2.28. The molecule has 1 heterocycles. The van der Waals surface area contributed by atoms with E-state index in [1.807, 2.05) is 32.0 Å². The third kappa shape index (κ3) is 4.77. The van der Waals surface area contributed by atoms with Crippen LogP contribution in [0.1, 0.15) is 19.4 Å². The zero-order valence-electron chi connectivity index (χ0n) is 12.8. The fraction of sp³-hybridized carbons (Fsp3) is 0.375. The number of hydrogen-bond donors (Lipinski definition) is 1. The van der Waals surface area contributed by atoms with Gasteiger partial charge in [-0.25, -0.2) is 4.98 Å². The largest absolute Gasteiger partial charge is 0.490 e. The minimum absolute atomic E-state index is 0.379. The highest BCUT2D eigenvalue weighted by molar-refractivity contribution is 6.29. The van der Waals surface area contributed by atoms with E-state index >= 15 is 0 Å². The molecule has 2 aromatic rings. The van der Waals surface area contributed by atoms with Gasteiger partial charge < -0.3 is 14.8 Å². The summed E-state index contributed by atoms with van der Waals surface area (Å²) in [6, 6.07) is 6.00. The average Bonchev–Trinajstić information content (AvgIpc) is 2.50. The number of aromatic nitrogens is 2.